The van der Waals surface area contributed by atoms with Gasteiger partial charge in [0, 0.05) is 0 Å². The summed E-state index contributed by atoms with van der Waals surface area (Å²) in [6.45, 7) is 0.990. The number of aryl methyl sites for hydroxylation is 1. The zero-order chi connectivity index (χ0) is 10.6. The molecule has 0 aliphatic carbocycles. The molecule has 0 atom stereocenters. The minimum absolute atomic E-state index is 0.298. The van der Waals surface area contributed by atoms with Crippen LogP contribution in [0.25, 0.3) is 0 Å². The van der Waals surface area contributed by atoms with Crippen LogP contribution in [0, 0.1) is 11.3 Å². The van der Waals surface area contributed by atoms with E-state index in [1.807, 2.05) is 20.2 Å². The average Bonchev–Trinajstić information content (AvgIpc) is 2.46. The summed E-state index contributed by atoms with van der Waals surface area (Å²) in [5.41, 5.74) is 6.84. The first-order chi connectivity index (χ1) is 6.65. The Labute approximate surface area is 83.5 Å². The van der Waals surface area contributed by atoms with Crippen molar-refractivity contribution in [1.29, 1.82) is 5.26 Å². The van der Waals surface area contributed by atoms with Gasteiger partial charge in [-0.25, -0.2) is 0 Å². The molecule has 0 radical (unpaired) electrons. The number of nitriles is 1. The maximum absolute atomic E-state index is 8.80. The van der Waals surface area contributed by atoms with Gasteiger partial charge in [0.1, 0.15) is 11.6 Å². The van der Waals surface area contributed by atoms with Gasteiger partial charge in [0.2, 0.25) is 0 Å². The summed E-state index contributed by atoms with van der Waals surface area (Å²) in [7, 11) is 4.04. The molecule has 0 saturated heterocycles. The van der Waals surface area contributed by atoms with Gasteiger partial charge in [0.25, 0.3) is 0 Å². The van der Waals surface area contributed by atoms with Crippen LogP contribution >= 0.6 is 0 Å². The largest absolute Gasteiger partial charge is 0.381 e. The predicted molar refractivity (Wildman–Crippen MR) is 54.6 cm³/mol. The summed E-state index contributed by atoms with van der Waals surface area (Å²) in [4.78, 5) is 2.10. The Morgan fingerprint density at radius 1 is 1.57 bits per heavy atom. The second-order valence-corrected chi connectivity index (χ2v) is 3.48. The highest BCUT2D eigenvalue weighted by Crippen LogP contribution is 2.13. The van der Waals surface area contributed by atoms with E-state index in [9.17, 15) is 0 Å². The number of nitrogens with zero attached hydrogens (tertiary/aromatic N) is 3. The Morgan fingerprint density at radius 3 is 2.86 bits per heavy atom. The lowest BCUT2D eigenvalue weighted by atomic mass is 10.1. The first-order valence-corrected chi connectivity index (χ1v) is 4.52. The Bertz CT molecular complexity index is 333. The molecule has 0 bridgehead atoms. The Balaban J connectivity index is 2.55. The van der Waals surface area contributed by atoms with Crippen molar-refractivity contribution in [3.8, 4) is 6.07 Å². The van der Waals surface area contributed by atoms with Crippen LogP contribution < -0.4 is 5.73 Å². The molecule has 0 spiro atoms. The van der Waals surface area contributed by atoms with Gasteiger partial charge in [-0.1, -0.05) is 0 Å². The van der Waals surface area contributed by atoms with Crippen molar-refractivity contribution >= 4 is 5.82 Å². The van der Waals surface area contributed by atoms with Crippen LogP contribution in [-0.2, 0) is 6.42 Å². The second kappa shape index (κ2) is 4.63. The number of rotatable bonds is 4. The van der Waals surface area contributed by atoms with Gasteiger partial charge in [-0.15, -0.1) is 0 Å². The fourth-order valence-corrected chi connectivity index (χ4v) is 1.27. The Kier molecular flexibility index (Phi) is 3.48. The van der Waals surface area contributed by atoms with E-state index in [4.69, 9.17) is 11.0 Å². The molecule has 5 nitrogen and oxygen atoms in total. The third kappa shape index (κ3) is 2.47. The van der Waals surface area contributed by atoms with E-state index in [0.29, 0.717) is 11.4 Å². The Hall–Kier alpha value is -1.54. The van der Waals surface area contributed by atoms with Crippen LogP contribution in [0.4, 0.5) is 5.82 Å². The fraction of sp³-hybridized carbons (Fsp3) is 0.556. The summed E-state index contributed by atoms with van der Waals surface area (Å²) < 4.78 is 0. The van der Waals surface area contributed by atoms with Crippen LogP contribution in [0.2, 0.25) is 0 Å². The van der Waals surface area contributed by atoms with Crippen molar-refractivity contribution < 1.29 is 0 Å². The molecule has 1 aromatic rings. The van der Waals surface area contributed by atoms with Gasteiger partial charge in [-0.3, -0.25) is 5.10 Å². The van der Waals surface area contributed by atoms with Crippen molar-refractivity contribution in [2.75, 3.05) is 26.4 Å². The quantitative estimate of drug-likeness (QED) is 0.723. The number of hydrogen-bond donors (Lipinski definition) is 2. The van der Waals surface area contributed by atoms with E-state index >= 15 is 0 Å². The number of nitrogen functional groups attached to an aromatic ring is 1. The number of aromatic amines is 1. The van der Waals surface area contributed by atoms with E-state index in [1.165, 1.54) is 0 Å². The third-order valence-corrected chi connectivity index (χ3v) is 2.01. The zero-order valence-corrected chi connectivity index (χ0v) is 8.54. The number of anilines is 1. The topological polar surface area (TPSA) is 81.7 Å². The fourth-order valence-electron chi connectivity index (χ4n) is 1.27. The molecular formula is C9H15N5. The van der Waals surface area contributed by atoms with E-state index in [2.05, 4.69) is 15.1 Å². The number of hydrogen-bond acceptors (Lipinski definition) is 4. The molecule has 0 aliphatic heterocycles. The number of nitrogens with two attached hydrogens (primary N) is 1. The lowest BCUT2D eigenvalue weighted by Crippen LogP contribution is -2.13. The van der Waals surface area contributed by atoms with Crippen LogP contribution in [0.15, 0.2) is 0 Å². The number of H-pyrrole nitrogens is 1. The van der Waals surface area contributed by atoms with Crippen molar-refractivity contribution in [3.63, 3.8) is 0 Å². The lowest BCUT2D eigenvalue weighted by molar-refractivity contribution is 0.399. The lowest BCUT2D eigenvalue weighted by Gasteiger charge is -2.07. The highest BCUT2D eigenvalue weighted by atomic mass is 15.2. The van der Waals surface area contributed by atoms with Gasteiger partial charge < -0.3 is 10.6 Å². The molecule has 0 aliphatic rings. The molecule has 0 amide bonds. The number of aromatic nitrogens is 2. The zero-order valence-electron chi connectivity index (χ0n) is 8.54. The van der Waals surface area contributed by atoms with Crippen molar-refractivity contribution in [1.82, 2.24) is 15.1 Å². The summed E-state index contributed by atoms with van der Waals surface area (Å²) in [6, 6.07) is 2.05. The highest BCUT2D eigenvalue weighted by Gasteiger charge is 2.09. The molecular weight excluding hydrogens is 178 g/mol. The average molecular weight is 193 g/mol. The molecule has 1 aromatic heterocycles. The van der Waals surface area contributed by atoms with E-state index in [-0.39, 0.29) is 0 Å². The van der Waals surface area contributed by atoms with Crippen molar-refractivity contribution in [2.45, 2.75) is 12.8 Å². The first kappa shape index (κ1) is 10.5. The van der Waals surface area contributed by atoms with Gasteiger partial charge in [-0.2, -0.15) is 10.4 Å². The second-order valence-electron chi connectivity index (χ2n) is 3.48. The minimum atomic E-state index is 0.298. The van der Waals surface area contributed by atoms with Crippen LogP contribution in [0.1, 0.15) is 17.7 Å². The molecule has 76 valence electrons. The van der Waals surface area contributed by atoms with Gasteiger partial charge >= 0.3 is 0 Å². The van der Waals surface area contributed by atoms with Crippen LogP contribution in [-0.4, -0.2) is 35.7 Å². The van der Waals surface area contributed by atoms with Crippen molar-refractivity contribution in [3.05, 3.63) is 11.3 Å². The van der Waals surface area contributed by atoms with E-state index < -0.39 is 0 Å². The van der Waals surface area contributed by atoms with Gasteiger partial charge in [-0.05, 0) is 33.5 Å². The monoisotopic (exact) mass is 193 g/mol. The van der Waals surface area contributed by atoms with Gasteiger partial charge in [0.05, 0.1) is 5.69 Å². The minimum Gasteiger partial charge on any atom is -0.381 e. The molecule has 1 heterocycles. The number of nitrogens with one attached hydrogen (secondary N) is 1. The smallest absolute Gasteiger partial charge is 0.163 e. The van der Waals surface area contributed by atoms with Crippen LogP contribution in [0.5, 0.6) is 0 Å². The molecule has 0 fully saturated rings. The van der Waals surface area contributed by atoms with E-state index in [0.717, 1.165) is 25.1 Å². The molecule has 5 heteroatoms. The molecule has 0 aromatic carbocycles. The maximum Gasteiger partial charge on any atom is 0.163 e. The predicted octanol–water partition coefficient (Wildman–Crippen LogP) is 0.358. The normalized spacial score (nSPS) is 10.4. The third-order valence-electron chi connectivity index (χ3n) is 2.01. The summed E-state index contributed by atoms with van der Waals surface area (Å²) in [6.07, 6.45) is 1.80. The van der Waals surface area contributed by atoms with Crippen molar-refractivity contribution in [2.24, 2.45) is 0 Å². The first-order valence-electron chi connectivity index (χ1n) is 4.52. The summed E-state index contributed by atoms with van der Waals surface area (Å²) >= 11 is 0. The summed E-state index contributed by atoms with van der Waals surface area (Å²) in [5, 5.41) is 15.4. The molecule has 0 saturated carbocycles. The maximum atomic E-state index is 8.80. The van der Waals surface area contributed by atoms with Crippen LogP contribution in [0.3, 0.4) is 0 Å². The SMILES string of the molecule is CN(C)CCCc1[nH]nc(N)c1C#N. The molecule has 14 heavy (non-hydrogen) atoms. The standard InChI is InChI=1S/C9H15N5/c1-14(2)5-3-4-8-7(6-10)9(11)13-12-8/h3-5H2,1-2H3,(H3,11,12,13). The Morgan fingerprint density at radius 2 is 2.29 bits per heavy atom. The molecule has 3 N–H and O–H groups in total. The molecule has 0 unspecified atom stereocenters. The highest BCUT2D eigenvalue weighted by molar-refractivity contribution is 5.50. The van der Waals surface area contributed by atoms with Gasteiger partial charge in [0.15, 0.2) is 5.82 Å². The summed E-state index contributed by atoms with van der Waals surface area (Å²) in [5.74, 6) is 0.298. The molecule has 1 rings (SSSR count). The van der Waals surface area contributed by atoms with E-state index in [1.54, 1.807) is 0 Å².